The van der Waals surface area contributed by atoms with E-state index >= 15 is 0 Å². The molecule has 4 rings (SSSR count). The average Bonchev–Trinajstić information content (AvgIpc) is 2.97. The first-order chi connectivity index (χ1) is 9.69. The molecule has 0 amide bonds. The summed E-state index contributed by atoms with van der Waals surface area (Å²) in [6.45, 7) is 1.95. The van der Waals surface area contributed by atoms with Crippen LogP contribution in [0.15, 0.2) is 30.7 Å². The quantitative estimate of drug-likeness (QED) is 0.514. The monoisotopic (exact) mass is 265 g/mol. The lowest BCUT2D eigenvalue weighted by atomic mass is 10.3. The number of hydrogen-bond acceptors (Lipinski definition) is 3. The Labute approximate surface area is 114 Å². The molecule has 0 fully saturated rings. The summed E-state index contributed by atoms with van der Waals surface area (Å²) in [5, 5.41) is 0. The Morgan fingerprint density at radius 3 is 2.70 bits per heavy atom. The lowest BCUT2D eigenvalue weighted by Crippen LogP contribution is -2.26. The molecule has 0 atom stereocenters. The summed E-state index contributed by atoms with van der Waals surface area (Å²) in [4.78, 5) is 19.9. The number of fused-ring (bicyclic) bond motifs is 2. The summed E-state index contributed by atoms with van der Waals surface area (Å²) in [5.74, 6) is 1.67. The van der Waals surface area contributed by atoms with Crippen molar-refractivity contribution < 1.29 is 4.57 Å². The van der Waals surface area contributed by atoms with Gasteiger partial charge in [0, 0.05) is 0 Å². The van der Waals surface area contributed by atoms with Gasteiger partial charge < -0.3 is 9.97 Å². The Balaban J connectivity index is 1.94. The van der Waals surface area contributed by atoms with Crippen LogP contribution in [0.3, 0.4) is 0 Å². The molecule has 2 N–H and O–H groups in total. The Morgan fingerprint density at radius 2 is 1.85 bits per heavy atom. The van der Waals surface area contributed by atoms with Crippen LogP contribution in [0, 0.1) is 6.92 Å². The molecular weight excluding hydrogens is 252 g/mol. The van der Waals surface area contributed by atoms with Crippen molar-refractivity contribution >= 4 is 22.1 Å². The minimum absolute atomic E-state index is 0.764. The van der Waals surface area contributed by atoms with Crippen molar-refractivity contribution in [2.45, 2.75) is 6.92 Å². The number of aromatic amines is 2. The van der Waals surface area contributed by atoms with E-state index in [0.29, 0.717) is 0 Å². The Hall–Kier alpha value is -2.76. The van der Waals surface area contributed by atoms with Crippen LogP contribution in [0.4, 0.5) is 0 Å². The minimum Gasteiger partial charge on any atom is -0.342 e. The molecule has 0 saturated heterocycles. The lowest BCUT2D eigenvalue weighted by molar-refractivity contribution is -0.671. The van der Waals surface area contributed by atoms with E-state index in [4.69, 9.17) is 0 Å². The van der Waals surface area contributed by atoms with E-state index < -0.39 is 0 Å². The van der Waals surface area contributed by atoms with E-state index in [1.807, 2.05) is 43.1 Å². The van der Waals surface area contributed by atoms with Crippen molar-refractivity contribution in [2.24, 2.45) is 7.05 Å². The van der Waals surface area contributed by atoms with Crippen LogP contribution in [-0.4, -0.2) is 24.9 Å². The fourth-order valence-electron chi connectivity index (χ4n) is 2.37. The first-order valence-electron chi connectivity index (χ1n) is 6.37. The van der Waals surface area contributed by atoms with Crippen LogP contribution in [0.2, 0.25) is 0 Å². The summed E-state index contributed by atoms with van der Waals surface area (Å²) < 4.78 is 1.95. The van der Waals surface area contributed by atoms with E-state index in [-0.39, 0.29) is 0 Å². The molecule has 98 valence electrons. The van der Waals surface area contributed by atoms with Crippen LogP contribution in [0.25, 0.3) is 33.6 Å². The van der Waals surface area contributed by atoms with Gasteiger partial charge in [-0.2, -0.15) is 0 Å². The summed E-state index contributed by atoms with van der Waals surface area (Å²) in [5.41, 5.74) is 4.63. The van der Waals surface area contributed by atoms with Crippen molar-refractivity contribution in [3.8, 4) is 11.5 Å². The van der Waals surface area contributed by atoms with E-state index in [2.05, 4.69) is 24.9 Å². The fraction of sp³-hybridized carbons (Fsp3) is 0.143. The van der Waals surface area contributed by atoms with Crippen molar-refractivity contribution in [3.63, 3.8) is 0 Å². The van der Waals surface area contributed by atoms with Gasteiger partial charge in [0.2, 0.25) is 0 Å². The van der Waals surface area contributed by atoms with E-state index in [0.717, 1.165) is 39.4 Å². The normalized spacial score (nSPS) is 11.5. The molecule has 3 heterocycles. The van der Waals surface area contributed by atoms with Gasteiger partial charge in [-0.1, -0.05) is 0 Å². The Morgan fingerprint density at radius 1 is 1.05 bits per heavy atom. The highest BCUT2D eigenvalue weighted by Crippen LogP contribution is 2.22. The molecule has 0 aliphatic heterocycles. The molecule has 4 aromatic rings. The zero-order valence-electron chi connectivity index (χ0n) is 11.2. The molecule has 6 heteroatoms. The van der Waals surface area contributed by atoms with Gasteiger partial charge in [0.25, 0.3) is 0 Å². The minimum atomic E-state index is 0.764. The molecule has 0 unspecified atom stereocenters. The van der Waals surface area contributed by atoms with Gasteiger partial charge in [-0.25, -0.2) is 19.5 Å². The number of benzene rings is 1. The molecule has 0 bridgehead atoms. The van der Waals surface area contributed by atoms with Gasteiger partial charge in [0.1, 0.15) is 12.9 Å². The molecule has 20 heavy (non-hydrogen) atoms. The summed E-state index contributed by atoms with van der Waals surface area (Å²) >= 11 is 0. The lowest BCUT2D eigenvalue weighted by Gasteiger charge is -1.92. The molecular formula is C14H13N6+. The van der Waals surface area contributed by atoms with Crippen molar-refractivity contribution in [2.75, 3.05) is 0 Å². The number of aryl methyl sites for hydroxylation is 2. The molecule has 0 aliphatic rings. The number of H-pyrrole nitrogens is 2. The Bertz CT molecular complexity index is 882. The smallest absolute Gasteiger partial charge is 0.198 e. The van der Waals surface area contributed by atoms with Gasteiger partial charge in [-0.3, -0.25) is 0 Å². The molecule has 0 radical (unpaired) electrons. The van der Waals surface area contributed by atoms with Crippen molar-refractivity contribution in [1.29, 1.82) is 0 Å². The molecule has 3 aromatic heterocycles. The predicted molar refractivity (Wildman–Crippen MR) is 74.9 cm³/mol. The number of nitrogens with zero attached hydrogens (tertiary/aromatic N) is 4. The van der Waals surface area contributed by atoms with Crippen LogP contribution in [-0.2, 0) is 7.05 Å². The maximum atomic E-state index is 4.60. The number of aromatic nitrogens is 6. The van der Waals surface area contributed by atoms with Gasteiger partial charge in [-0.15, -0.1) is 0 Å². The zero-order valence-corrected chi connectivity index (χ0v) is 11.2. The molecule has 6 nitrogen and oxygen atoms in total. The highest BCUT2D eigenvalue weighted by molar-refractivity contribution is 5.92. The van der Waals surface area contributed by atoms with Gasteiger partial charge in [-0.05, 0) is 19.1 Å². The van der Waals surface area contributed by atoms with Crippen LogP contribution >= 0.6 is 0 Å². The predicted octanol–water partition coefficient (Wildman–Crippen LogP) is 1.63. The summed E-state index contributed by atoms with van der Waals surface area (Å²) in [7, 11) is 1.96. The van der Waals surface area contributed by atoms with Gasteiger partial charge in [0.05, 0.1) is 28.3 Å². The highest BCUT2D eigenvalue weighted by atomic mass is 15.0. The topological polar surface area (TPSA) is 74.1 Å². The highest BCUT2D eigenvalue weighted by Gasteiger charge is 2.11. The van der Waals surface area contributed by atoms with Crippen LogP contribution in [0.5, 0.6) is 0 Å². The first-order valence-corrected chi connectivity index (χ1v) is 6.37. The first kappa shape index (κ1) is 11.1. The molecule has 0 spiro atoms. The standard InChI is InChI=1S/C14H12N6/c1-8-16-9-5-11-12(6-10(9)17-8)19-14(18-11)13-7-20(2)4-3-15-13/h3-7,15H,1-2H3/p+1. The van der Waals surface area contributed by atoms with Gasteiger partial charge in [0.15, 0.2) is 23.9 Å². The summed E-state index contributed by atoms with van der Waals surface area (Å²) in [6.07, 6.45) is 5.59. The number of imidazole rings is 2. The second kappa shape index (κ2) is 3.86. The Kier molecular flexibility index (Phi) is 2.14. The largest absolute Gasteiger partial charge is 0.342 e. The zero-order chi connectivity index (χ0) is 13.7. The summed E-state index contributed by atoms with van der Waals surface area (Å²) in [6, 6.07) is 4.02. The van der Waals surface area contributed by atoms with E-state index in [1.54, 1.807) is 6.20 Å². The van der Waals surface area contributed by atoms with Crippen LogP contribution in [0.1, 0.15) is 5.82 Å². The van der Waals surface area contributed by atoms with E-state index in [9.17, 15) is 0 Å². The maximum Gasteiger partial charge on any atom is 0.198 e. The van der Waals surface area contributed by atoms with Crippen LogP contribution < -0.4 is 4.57 Å². The van der Waals surface area contributed by atoms with Crippen molar-refractivity contribution in [1.82, 2.24) is 24.9 Å². The number of hydrogen-bond donors (Lipinski definition) is 2. The average molecular weight is 265 g/mol. The molecule has 0 aliphatic carbocycles. The maximum absolute atomic E-state index is 4.60. The van der Waals surface area contributed by atoms with Crippen molar-refractivity contribution in [3.05, 3.63) is 36.5 Å². The SMILES string of the molecule is Cc1nc2cc3nc(-c4c[n+](C)ccn4)[nH]c3cc2[nH]1. The number of rotatable bonds is 1. The third-order valence-corrected chi connectivity index (χ3v) is 3.29. The van der Waals surface area contributed by atoms with E-state index in [1.165, 1.54) is 0 Å². The third-order valence-electron chi connectivity index (χ3n) is 3.29. The molecule has 1 aromatic carbocycles. The molecule has 0 saturated carbocycles. The third kappa shape index (κ3) is 1.65. The van der Waals surface area contributed by atoms with Gasteiger partial charge >= 0.3 is 0 Å². The fourth-order valence-corrected chi connectivity index (χ4v) is 2.37. The number of nitrogens with one attached hydrogen (secondary N) is 2. The second-order valence-corrected chi connectivity index (χ2v) is 4.90. The second-order valence-electron chi connectivity index (χ2n) is 4.90.